The SMILES string of the molecule is CC1(C)CCC(NC(=O)N(CC(=O)O)C2CC2)C1. The Morgan fingerprint density at radius 3 is 2.44 bits per heavy atom. The third-order valence-electron chi connectivity index (χ3n) is 3.85. The van der Waals surface area contributed by atoms with Crippen molar-refractivity contribution in [3.05, 3.63) is 0 Å². The van der Waals surface area contributed by atoms with E-state index in [1.165, 1.54) is 4.90 Å². The highest BCUT2D eigenvalue weighted by Gasteiger charge is 2.37. The van der Waals surface area contributed by atoms with Gasteiger partial charge in [-0.3, -0.25) is 4.79 Å². The Morgan fingerprint density at radius 1 is 1.33 bits per heavy atom. The van der Waals surface area contributed by atoms with E-state index >= 15 is 0 Å². The lowest BCUT2D eigenvalue weighted by Gasteiger charge is -2.24. The summed E-state index contributed by atoms with van der Waals surface area (Å²) < 4.78 is 0. The second-order valence-electron chi connectivity index (χ2n) is 6.31. The molecule has 2 N–H and O–H groups in total. The third kappa shape index (κ3) is 3.37. The van der Waals surface area contributed by atoms with Crippen LogP contribution in [0, 0.1) is 5.41 Å². The molecule has 0 aromatic rings. The van der Waals surface area contributed by atoms with Gasteiger partial charge in [0.1, 0.15) is 6.54 Å². The second-order valence-corrected chi connectivity index (χ2v) is 6.31. The van der Waals surface area contributed by atoms with Crippen molar-refractivity contribution in [3.8, 4) is 0 Å². The first kappa shape index (κ1) is 13.2. The summed E-state index contributed by atoms with van der Waals surface area (Å²) in [6.45, 7) is 4.22. The van der Waals surface area contributed by atoms with Gasteiger partial charge in [0.15, 0.2) is 0 Å². The molecular weight excluding hydrogens is 232 g/mol. The zero-order valence-corrected chi connectivity index (χ0v) is 11.1. The molecule has 2 rings (SSSR count). The zero-order chi connectivity index (χ0) is 13.3. The fourth-order valence-electron chi connectivity index (χ4n) is 2.72. The van der Waals surface area contributed by atoms with Gasteiger partial charge in [0.25, 0.3) is 0 Å². The van der Waals surface area contributed by atoms with Crippen LogP contribution in [0.2, 0.25) is 0 Å². The number of carboxylic acid groups (broad SMARTS) is 1. The van der Waals surface area contributed by atoms with Crippen molar-refractivity contribution < 1.29 is 14.7 Å². The van der Waals surface area contributed by atoms with Crippen molar-refractivity contribution in [1.82, 2.24) is 10.2 Å². The minimum absolute atomic E-state index is 0.135. The van der Waals surface area contributed by atoms with E-state index < -0.39 is 5.97 Å². The fraction of sp³-hybridized carbons (Fsp3) is 0.846. The maximum atomic E-state index is 12.1. The molecule has 18 heavy (non-hydrogen) atoms. The Kier molecular flexibility index (Phi) is 3.50. The van der Waals surface area contributed by atoms with Crippen LogP contribution in [0.25, 0.3) is 0 Å². The van der Waals surface area contributed by atoms with Gasteiger partial charge in [0, 0.05) is 12.1 Å². The molecule has 0 radical (unpaired) electrons. The molecule has 2 aliphatic rings. The van der Waals surface area contributed by atoms with E-state index in [1.54, 1.807) is 0 Å². The molecule has 0 saturated heterocycles. The van der Waals surface area contributed by atoms with Gasteiger partial charge < -0.3 is 15.3 Å². The van der Waals surface area contributed by atoms with Gasteiger partial charge >= 0.3 is 12.0 Å². The van der Waals surface area contributed by atoms with E-state index in [2.05, 4.69) is 19.2 Å². The number of nitrogens with one attached hydrogen (secondary N) is 1. The lowest BCUT2D eigenvalue weighted by molar-refractivity contribution is -0.137. The number of carbonyl (C=O) groups is 2. The molecule has 0 bridgehead atoms. The van der Waals surface area contributed by atoms with Crippen LogP contribution in [0.1, 0.15) is 46.0 Å². The van der Waals surface area contributed by atoms with Crippen LogP contribution >= 0.6 is 0 Å². The molecule has 1 unspecified atom stereocenters. The monoisotopic (exact) mass is 254 g/mol. The summed E-state index contributed by atoms with van der Waals surface area (Å²) >= 11 is 0. The third-order valence-corrected chi connectivity index (χ3v) is 3.85. The van der Waals surface area contributed by atoms with Crippen LogP contribution in [-0.2, 0) is 4.79 Å². The van der Waals surface area contributed by atoms with Crippen LogP contribution < -0.4 is 5.32 Å². The lowest BCUT2D eigenvalue weighted by Crippen LogP contribution is -2.47. The van der Waals surface area contributed by atoms with Gasteiger partial charge in [-0.2, -0.15) is 0 Å². The molecule has 5 heteroatoms. The second kappa shape index (κ2) is 4.78. The number of rotatable bonds is 4. The van der Waals surface area contributed by atoms with E-state index in [0.29, 0.717) is 0 Å². The number of nitrogens with zero attached hydrogens (tertiary/aromatic N) is 1. The Balaban J connectivity index is 1.87. The van der Waals surface area contributed by atoms with Gasteiger partial charge in [0.05, 0.1) is 0 Å². The van der Waals surface area contributed by atoms with Crippen LogP contribution in [-0.4, -0.2) is 40.6 Å². The van der Waals surface area contributed by atoms with Gasteiger partial charge in [-0.05, 0) is 37.5 Å². The molecule has 1 atom stereocenters. The van der Waals surface area contributed by atoms with Crippen molar-refractivity contribution >= 4 is 12.0 Å². The summed E-state index contributed by atoms with van der Waals surface area (Å²) in [5, 5.41) is 11.8. The summed E-state index contributed by atoms with van der Waals surface area (Å²) in [4.78, 5) is 24.3. The van der Waals surface area contributed by atoms with Gasteiger partial charge in [0.2, 0.25) is 0 Å². The first-order chi connectivity index (χ1) is 8.37. The predicted octanol–water partition coefficient (Wildman–Crippen LogP) is 1.82. The molecule has 0 heterocycles. The molecular formula is C13H22N2O3. The van der Waals surface area contributed by atoms with Crippen molar-refractivity contribution in [1.29, 1.82) is 0 Å². The predicted molar refractivity (Wildman–Crippen MR) is 67.3 cm³/mol. The summed E-state index contributed by atoms with van der Waals surface area (Å²) in [6.07, 6.45) is 4.93. The maximum Gasteiger partial charge on any atom is 0.323 e. The fourth-order valence-corrected chi connectivity index (χ4v) is 2.72. The number of aliphatic carboxylic acids is 1. The van der Waals surface area contributed by atoms with E-state index in [0.717, 1.165) is 32.1 Å². The maximum absolute atomic E-state index is 12.1. The van der Waals surface area contributed by atoms with Crippen LogP contribution in [0.3, 0.4) is 0 Å². The number of hydrogen-bond donors (Lipinski definition) is 2. The Morgan fingerprint density at radius 2 is 2.00 bits per heavy atom. The number of amides is 2. The lowest BCUT2D eigenvalue weighted by atomic mass is 9.92. The van der Waals surface area contributed by atoms with Crippen LogP contribution in [0.15, 0.2) is 0 Å². The first-order valence-electron chi connectivity index (χ1n) is 6.66. The Bertz CT molecular complexity index is 350. The van der Waals surface area contributed by atoms with Crippen molar-refractivity contribution in [3.63, 3.8) is 0 Å². The average molecular weight is 254 g/mol. The van der Waals surface area contributed by atoms with E-state index in [4.69, 9.17) is 5.11 Å². The summed E-state index contributed by atoms with van der Waals surface area (Å²) in [7, 11) is 0. The normalized spacial score (nSPS) is 25.8. The summed E-state index contributed by atoms with van der Waals surface area (Å²) in [5.74, 6) is -0.941. The van der Waals surface area contributed by atoms with E-state index in [9.17, 15) is 9.59 Å². The molecule has 5 nitrogen and oxygen atoms in total. The van der Waals surface area contributed by atoms with E-state index in [-0.39, 0.29) is 30.1 Å². The molecule has 2 aliphatic carbocycles. The van der Waals surface area contributed by atoms with Gasteiger partial charge in [-0.25, -0.2) is 4.79 Å². The van der Waals surface area contributed by atoms with Crippen molar-refractivity contribution in [2.75, 3.05) is 6.54 Å². The Labute approximate surface area is 108 Å². The van der Waals surface area contributed by atoms with Crippen LogP contribution in [0.5, 0.6) is 0 Å². The Hall–Kier alpha value is -1.26. The number of carboxylic acids is 1. The molecule has 0 aromatic heterocycles. The van der Waals surface area contributed by atoms with Crippen molar-refractivity contribution in [2.24, 2.45) is 5.41 Å². The quantitative estimate of drug-likeness (QED) is 0.804. The highest BCUT2D eigenvalue weighted by Crippen LogP contribution is 2.37. The molecule has 2 fully saturated rings. The number of carbonyl (C=O) groups excluding carboxylic acids is 1. The minimum Gasteiger partial charge on any atom is -0.480 e. The highest BCUT2D eigenvalue weighted by atomic mass is 16.4. The molecule has 102 valence electrons. The number of urea groups is 1. The molecule has 0 aliphatic heterocycles. The molecule has 2 amide bonds. The highest BCUT2D eigenvalue weighted by molar-refractivity contribution is 5.80. The van der Waals surface area contributed by atoms with Gasteiger partial charge in [-0.1, -0.05) is 13.8 Å². The summed E-state index contributed by atoms with van der Waals surface area (Å²) in [6, 6.07) is 0.126. The average Bonchev–Trinajstić information content (AvgIpc) is 3.01. The van der Waals surface area contributed by atoms with E-state index in [1.807, 2.05) is 0 Å². The van der Waals surface area contributed by atoms with Gasteiger partial charge in [-0.15, -0.1) is 0 Å². The first-order valence-corrected chi connectivity index (χ1v) is 6.66. The largest absolute Gasteiger partial charge is 0.480 e. The van der Waals surface area contributed by atoms with Crippen LogP contribution in [0.4, 0.5) is 4.79 Å². The summed E-state index contributed by atoms with van der Waals surface area (Å²) in [5.41, 5.74) is 0.287. The number of hydrogen-bond acceptors (Lipinski definition) is 2. The molecule has 0 spiro atoms. The molecule has 0 aromatic carbocycles. The van der Waals surface area contributed by atoms with Crippen molar-refractivity contribution in [2.45, 2.75) is 58.0 Å². The standard InChI is InChI=1S/C13H22N2O3/c1-13(2)6-5-9(7-13)14-12(18)15(8-11(16)17)10-3-4-10/h9-10H,3-8H2,1-2H3,(H,14,18)(H,16,17). The smallest absolute Gasteiger partial charge is 0.323 e. The topological polar surface area (TPSA) is 69.6 Å². The zero-order valence-electron chi connectivity index (χ0n) is 11.1. The minimum atomic E-state index is -0.941. The molecule has 2 saturated carbocycles.